The Bertz CT molecular complexity index is 625. The molecule has 0 bridgehead atoms. The van der Waals surface area contributed by atoms with Crippen LogP contribution >= 0.6 is 0 Å². The number of benzene rings is 2. The molecule has 0 amide bonds. The normalized spacial score (nSPS) is 10.1. The highest BCUT2D eigenvalue weighted by Gasteiger charge is 2.12. The smallest absolute Gasteiger partial charge is 0.339 e. The van der Waals surface area contributed by atoms with Crippen molar-refractivity contribution >= 4 is 5.97 Å². The number of carboxylic acids is 1. The first-order valence-corrected chi connectivity index (χ1v) is 5.88. The van der Waals surface area contributed by atoms with E-state index in [9.17, 15) is 9.18 Å². The summed E-state index contributed by atoms with van der Waals surface area (Å²) in [5.41, 5.74) is 0.645. The van der Waals surface area contributed by atoms with Crippen molar-refractivity contribution < 1.29 is 23.8 Å². The van der Waals surface area contributed by atoms with Gasteiger partial charge < -0.3 is 14.6 Å². The van der Waals surface area contributed by atoms with Gasteiger partial charge in [-0.1, -0.05) is 12.1 Å². The van der Waals surface area contributed by atoms with Crippen LogP contribution in [0.4, 0.5) is 4.39 Å². The predicted molar refractivity (Wildman–Crippen MR) is 70.7 cm³/mol. The Balaban J connectivity index is 2.21. The van der Waals surface area contributed by atoms with Crippen LogP contribution in [0.1, 0.15) is 15.9 Å². The average Bonchev–Trinajstić information content (AvgIpc) is 2.44. The Labute approximate surface area is 115 Å². The summed E-state index contributed by atoms with van der Waals surface area (Å²) >= 11 is 0. The fourth-order valence-corrected chi connectivity index (χ4v) is 1.71. The van der Waals surface area contributed by atoms with Crippen molar-refractivity contribution in [3.63, 3.8) is 0 Å². The summed E-state index contributed by atoms with van der Waals surface area (Å²) in [6.45, 7) is 0.0746. The van der Waals surface area contributed by atoms with E-state index in [2.05, 4.69) is 0 Å². The largest absolute Gasteiger partial charge is 0.497 e. The van der Waals surface area contributed by atoms with Crippen LogP contribution in [0.15, 0.2) is 42.5 Å². The Morgan fingerprint density at radius 2 is 2.05 bits per heavy atom. The molecule has 0 fully saturated rings. The molecule has 0 saturated carbocycles. The lowest BCUT2D eigenvalue weighted by Crippen LogP contribution is -2.04. The van der Waals surface area contributed by atoms with Crippen LogP contribution in [0, 0.1) is 5.82 Å². The molecule has 0 aliphatic rings. The van der Waals surface area contributed by atoms with E-state index in [4.69, 9.17) is 14.6 Å². The number of ether oxygens (including phenoxy) is 2. The first-order valence-electron chi connectivity index (χ1n) is 5.88. The molecular weight excluding hydrogens is 263 g/mol. The van der Waals surface area contributed by atoms with Gasteiger partial charge in [-0.2, -0.15) is 0 Å². The van der Waals surface area contributed by atoms with E-state index in [1.807, 2.05) is 0 Å². The second kappa shape index (κ2) is 6.06. The van der Waals surface area contributed by atoms with Gasteiger partial charge in [-0.15, -0.1) is 0 Å². The van der Waals surface area contributed by atoms with Crippen LogP contribution in [0.25, 0.3) is 0 Å². The van der Waals surface area contributed by atoms with E-state index < -0.39 is 5.97 Å². The van der Waals surface area contributed by atoms with Crippen LogP contribution in [-0.2, 0) is 6.61 Å². The van der Waals surface area contributed by atoms with Gasteiger partial charge in [0.15, 0.2) is 0 Å². The number of hydrogen-bond donors (Lipinski definition) is 1. The summed E-state index contributed by atoms with van der Waals surface area (Å²) in [5.74, 6) is -0.789. The van der Waals surface area contributed by atoms with Gasteiger partial charge in [0.25, 0.3) is 0 Å². The zero-order valence-corrected chi connectivity index (χ0v) is 10.8. The van der Waals surface area contributed by atoms with Gasteiger partial charge >= 0.3 is 5.97 Å². The summed E-state index contributed by atoms with van der Waals surface area (Å²) in [6, 6.07) is 10.4. The van der Waals surface area contributed by atoms with Gasteiger partial charge in [-0.25, -0.2) is 9.18 Å². The Kier molecular flexibility index (Phi) is 4.20. The van der Waals surface area contributed by atoms with Crippen LogP contribution in [0.3, 0.4) is 0 Å². The van der Waals surface area contributed by atoms with Crippen molar-refractivity contribution in [2.75, 3.05) is 7.11 Å². The van der Waals surface area contributed by atoms with Crippen molar-refractivity contribution in [1.82, 2.24) is 0 Å². The molecule has 4 nitrogen and oxygen atoms in total. The first kappa shape index (κ1) is 13.9. The molecule has 0 atom stereocenters. The van der Waals surface area contributed by atoms with Crippen molar-refractivity contribution in [3.8, 4) is 11.5 Å². The molecule has 5 heteroatoms. The summed E-state index contributed by atoms with van der Waals surface area (Å²) in [7, 11) is 1.48. The predicted octanol–water partition coefficient (Wildman–Crippen LogP) is 3.11. The number of carbonyl (C=O) groups is 1. The molecule has 0 radical (unpaired) electrons. The maximum absolute atomic E-state index is 13.0. The zero-order chi connectivity index (χ0) is 14.5. The van der Waals surface area contributed by atoms with Crippen molar-refractivity contribution in [2.45, 2.75) is 6.61 Å². The van der Waals surface area contributed by atoms with Gasteiger partial charge in [-0.05, 0) is 29.8 Å². The van der Waals surface area contributed by atoms with E-state index >= 15 is 0 Å². The number of carboxylic acid groups (broad SMARTS) is 1. The highest BCUT2D eigenvalue weighted by atomic mass is 19.1. The number of halogens is 1. The maximum Gasteiger partial charge on any atom is 0.339 e. The molecule has 0 aromatic heterocycles. The molecule has 0 aliphatic heterocycles. The third-order valence-electron chi connectivity index (χ3n) is 2.70. The lowest BCUT2D eigenvalue weighted by atomic mass is 10.2. The third-order valence-corrected chi connectivity index (χ3v) is 2.70. The molecule has 0 aliphatic carbocycles. The first-order chi connectivity index (χ1) is 9.60. The van der Waals surface area contributed by atoms with Crippen molar-refractivity contribution in [1.29, 1.82) is 0 Å². The fourth-order valence-electron chi connectivity index (χ4n) is 1.71. The molecule has 0 spiro atoms. The molecule has 0 saturated heterocycles. The summed E-state index contributed by atoms with van der Waals surface area (Å²) in [6.07, 6.45) is 0. The minimum Gasteiger partial charge on any atom is -0.497 e. The SMILES string of the molecule is COc1ccc(C(=O)O)c(OCc2cccc(F)c2)c1. The Hall–Kier alpha value is -2.56. The standard InChI is InChI=1S/C15H13FO4/c1-19-12-5-6-13(15(17)18)14(8-12)20-9-10-3-2-4-11(16)7-10/h2-8H,9H2,1H3,(H,17,18). The number of hydrogen-bond acceptors (Lipinski definition) is 3. The fraction of sp³-hybridized carbons (Fsp3) is 0.133. The Morgan fingerprint density at radius 1 is 1.25 bits per heavy atom. The molecular formula is C15H13FO4. The van der Waals surface area contributed by atoms with Gasteiger partial charge in [-0.3, -0.25) is 0 Å². The second-order valence-corrected chi connectivity index (χ2v) is 4.09. The maximum atomic E-state index is 13.0. The molecule has 20 heavy (non-hydrogen) atoms. The van der Waals surface area contributed by atoms with Crippen LogP contribution in [-0.4, -0.2) is 18.2 Å². The molecule has 2 aromatic carbocycles. The van der Waals surface area contributed by atoms with E-state index in [0.29, 0.717) is 11.3 Å². The van der Waals surface area contributed by atoms with Crippen molar-refractivity contribution in [3.05, 3.63) is 59.4 Å². The summed E-state index contributed by atoms with van der Waals surface area (Å²) < 4.78 is 23.5. The summed E-state index contributed by atoms with van der Waals surface area (Å²) in [4.78, 5) is 11.1. The Morgan fingerprint density at radius 3 is 2.70 bits per heavy atom. The van der Waals surface area contributed by atoms with E-state index in [1.54, 1.807) is 18.2 Å². The minimum atomic E-state index is -1.10. The van der Waals surface area contributed by atoms with Crippen LogP contribution in [0.2, 0.25) is 0 Å². The third kappa shape index (κ3) is 3.26. The lowest BCUT2D eigenvalue weighted by Gasteiger charge is -2.11. The number of methoxy groups -OCH3 is 1. The second-order valence-electron chi connectivity index (χ2n) is 4.09. The minimum absolute atomic E-state index is 0.0298. The highest BCUT2D eigenvalue weighted by Crippen LogP contribution is 2.25. The highest BCUT2D eigenvalue weighted by molar-refractivity contribution is 5.91. The monoisotopic (exact) mass is 276 g/mol. The summed E-state index contributed by atoms with van der Waals surface area (Å²) in [5, 5.41) is 9.09. The average molecular weight is 276 g/mol. The van der Waals surface area contributed by atoms with E-state index in [-0.39, 0.29) is 23.7 Å². The zero-order valence-electron chi connectivity index (χ0n) is 10.8. The van der Waals surface area contributed by atoms with Crippen LogP contribution in [0.5, 0.6) is 11.5 Å². The quantitative estimate of drug-likeness (QED) is 0.911. The van der Waals surface area contributed by atoms with Gasteiger partial charge in [0.05, 0.1) is 7.11 Å². The lowest BCUT2D eigenvalue weighted by molar-refractivity contribution is 0.0691. The van der Waals surface area contributed by atoms with Gasteiger partial charge in [0, 0.05) is 6.07 Å². The van der Waals surface area contributed by atoms with Crippen LogP contribution < -0.4 is 9.47 Å². The number of rotatable bonds is 5. The molecule has 2 rings (SSSR count). The van der Waals surface area contributed by atoms with E-state index in [0.717, 1.165) is 0 Å². The van der Waals surface area contributed by atoms with Crippen molar-refractivity contribution in [2.24, 2.45) is 0 Å². The molecule has 104 valence electrons. The topological polar surface area (TPSA) is 55.8 Å². The van der Waals surface area contributed by atoms with E-state index in [1.165, 1.54) is 31.4 Å². The molecule has 1 N–H and O–H groups in total. The van der Waals surface area contributed by atoms with Gasteiger partial charge in [0.1, 0.15) is 29.5 Å². The molecule has 0 heterocycles. The molecule has 2 aromatic rings. The molecule has 0 unspecified atom stereocenters. The van der Waals surface area contributed by atoms with Gasteiger partial charge in [0.2, 0.25) is 0 Å². The number of aromatic carboxylic acids is 1.